The number of anilines is 1. The molecule has 0 saturated carbocycles. The number of carbonyl (C=O) groups excluding carboxylic acids is 2. The zero-order valence-electron chi connectivity index (χ0n) is 16.3. The van der Waals surface area contributed by atoms with Gasteiger partial charge in [-0.1, -0.05) is 56.3 Å². The molecule has 6 nitrogen and oxygen atoms in total. The second kappa shape index (κ2) is 9.69. The van der Waals surface area contributed by atoms with Crippen LogP contribution in [-0.4, -0.2) is 22.9 Å². The van der Waals surface area contributed by atoms with Gasteiger partial charge in [-0.15, -0.1) is 0 Å². The van der Waals surface area contributed by atoms with Gasteiger partial charge in [-0.3, -0.25) is 14.4 Å². The number of hydrogen-bond acceptors (Lipinski definition) is 3. The highest BCUT2D eigenvalue weighted by molar-refractivity contribution is 5.98. The third-order valence-electron chi connectivity index (χ3n) is 4.32. The van der Waals surface area contributed by atoms with Gasteiger partial charge in [0.15, 0.2) is 0 Å². The lowest BCUT2D eigenvalue weighted by atomic mass is 10.0. The highest BCUT2D eigenvalue weighted by Gasteiger charge is 2.23. The van der Waals surface area contributed by atoms with Crippen molar-refractivity contribution in [2.24, 2.45) is 5.92 Å². The number of aliphatic carboxylic acids is 1. The summed E-state index contributed by atoms with van der Waals surface area (Å²) in [5, 5.41) is 14.8. The third kappa shape index (κ3) is 5.94. The molecule has 2 rings (SSSR count). The third-order valence-corrected chi connectivity index (χ3v) is 4.32. The van der Waals surface area contributed by atoms with Gasteiger partial charge in [0.2, 0.25) is 5.91 Å². The zero-order chi connectivity index (χ0) is 20.7. The van der Waals surface area contributed by atoms with Gasteiger partial charge in [0.25, 0.3) is 5.91 Å². The number of amides is 2. The van der Waals surface area contributed by atoms with Crippen molar-refractivity contribution in [3.63, 3.8) is 0 Å². The molecule has 2 amide bonds. The van der Waals surface area contributed by atoms with Gasteiger partial charge < -0.3 is 15.7 Å². The Labute approximate surface area is 165 Å². The molecule has 2 atom stereocenters. The van der Waals surface area contributed by atoms with Crippen LogP contribution in [0.5, 0.6) is 0 Å². The summed E-state index contributed by atoms with van der Waals surface area (Å²) in [6.07, 6.45) is 0.322. The van der Waals surface area contributed by atoms with Gasteiger partial charge in [-0.25, -0.2) is 0 Å². The van der Waals surface area contributed by atoms with Crippen molar-refractivity contribution in [3.8, 4) is 0 Å². The molecule has 0 bridgehead atoms. The first-order chi connectivity index (χ1) is 13.3. The molecule has 0 aromatic heterocycles. The fourth-order valence-corrected chi connectivity index (χ4v) is 2.78. The Morgan fingerprint density at radius 1 is 0.929 bits per heavy atom. The molecule has 2 aromatic carbocycles. The van der Waals surface area contributed by atoms with Gasteiger partial charge >= 0.3 is 5.97 Å². The van der Waals surface area contributed by atoms with Crippen LogP contribution in [0.4, 0.5) is 5.69 Å². The summed E-state index contributed by atoms with van der Waals surface area (Å²) in [5.41, 5.74) is 1.74. The first-order valence-corrected chi connectivity index (χ1v) is 9.26. The molecule has 0 heterocycles. The minimum absolute atomic E-state index is 0.175. The van der Waals surface area contributed by atoms with E-state index in [4.69, 9.17) is 0 Å². The Bertz CT molecular complexity index is 833. The molecule has 0 aliphatic carbocycles. The first kappa shape index (κ1) is 21.2. The molecule has 148 valence electrons. The standard InChI is InChI=1S/C22H26N2O4/c1-14(2)12-19(25)24-20(16-8-5-4-6-9-16)21(26)23-18-11-7-10-17(13-18)15(3)22(27)28/h4-11,13-15,20H,12H2,1-3H3,(H,23,26)(H,24,25)(H,27,28). The van der Waals surface area contributed by atoms with Crippen LogP contribution in [0.25, 0.3) is 0 Å². The fraction of sp³-hybridized carbons (Fsp3) is 0.318. The summed E-state index contributed by atoms with van der Waals surface area (Å²) in [6.45, 7) is 5.46. The van der Waals surface area contributed by atoms with Gasteiger partial charge in [-0.2, -0.15) is 0 Å². The predicted octanol–water partition coefficient (Wildman–Crippen LogP) is 3.72. The molecular weight excluding hydrogens is 356 g/mol. The maximum Gasteiger partial charge on any atom is 0.310 e. The van der Waals surface area contributed by atoms with E-state index >= 15 is 0 Å². The molecule has 0 spiro atoms. The van der Waals surface area contributed by atoms with Crippen molar-refractivity contribution in [2.45, 2.75) is 39.2 Å². The summed E-state index contributed by atoms with van der Waals surface area (Å²) in [7, 11) is 0. The minimum atomic E-state index is -0.938. The number of benzene rings is 2. The van der Waals surface area contributed by atoms with Crippen LogP contribution in [0, 0.1) is 5.92 Å². The van der Waals surface area contributed by atoms with Crippen LogP contribution in [0.1, 0.15) is 50.3 Å². The Morgan fingerprint density at radius 3 is 2.18 bits per heavy atom. The maximum absolute atomic E-state index is 12.9. The molecule has 2 unspecified atom stereocenters. The molecule has 0 saturated heterocycles. The largest absolute Gasteiger partial charge is 0.481 e. The smallest absolute Gasteiger partial charge is 0.310 e. The minimum Gasteiger partial charge on any atom is -0.481 e. The molecule has 0 fully saturated rings. The Morgan fingerprint density at radius 2 is 1.57 bits per heavy atom. The van der Waals surface area contributed by atoms with Crippen LogP contribution in [-0.2, 0) is 14.4 Å². The first-order valence-electron chi connectivity index (χ1n) is 9.26. The van der Waals surface area contributed by atoms with Crippen molar-refractivity contribution in [1.29, 1.82) is 0 Å². The summed E-state index contributed by atoms with van der Waals surface area (Å²) in [5.74, 6) is -2.04. The van der Waals surface area contributed by atoms with E-state index in [0.29, 0.717) is 23.2 Å². The van der Waals surface area contributed by atoms with Crippen molar-refractivity contribution in [2.75, 3.05) is 5.32 Å². The van der Waals surface area contributed by atoms with E-state index in [-0.39, 0.29) is 17.7 Å². The Hall–Kier alpha value is -3.15. The number of carbonyl (C=O) groups is 3. The number of hydrogen-bond donors (Lipinski definition) is 3. The number of carboxylic acid groups (broad SMARTS) is 1. The number of nitrogens with one attached hydrogen (secondary N) is 2. The lowest BCUT2D eigenvalue weighted by Gasteiger charge is -2.20. The summed E-state index contributed by atoms with van der Waals surface area (Å²) in [4.78, 5) is 36.4. The van der Waals surface area contributed by atoms with Crippen molar-refractivity contribution < 1.29 is 19.5 Å². The Balaban J connectivity index is 2.22. The normalized spacial score (nSPS) is 12.9. The second-order valence-corrected chi connectivity index (χ2v) is 7.18. The van der Waals surface area contributed by atoms with Crippen LogP contribution in [0.2, 0.25) is 0 Å². The maximum atomic E-state index is 12.9. The molecule has 6 heteroatoms. The van der Waals surface area contributed by atoms with Crippen molar-refractivity contribution in [3.05, 3.63) is 65.7 Å². The van der Waals surface area contributed by atoms with Gasteiger partial charge in [-0.05, 0) is 36.1 Å². The molecule has 2 aromatic rings. The average molecular weight is 382 g/mol. The summed E-state index contributed by atoms with van der Waals surface area (Å²) >= 11 is 0. The highest BCUT2D eigenvalue weighted by atomic mass is 16.4. The topological polar surface area (TPSA) is 95.5 Å². The van der Waals surface area contributed by atoms with E-state index in [1.807, 2.05) is 19.9 Å². The molecule has 28 heavy (non-hydrogen) atoms. The predicted molar refractivity (Wildman–Crippen MR) is 108 cm³/mol. The lowest BCUT2D eigenvalue weighted by molar-refractivity contribution is -0.138. The fourth-order valence-electron chi connectivity index (χ4n) is 2.78. The second-order valence-electron chi connectivity index (χ2n) is 7.18. The summed E-state index contributed by atoms with van der Waals surface area (Å²) < 4.78 is 0. The van der Waals surface area contributed by atoms with Gasteiger partial charge in [0, 0.05) is 12.1 Å². The lowest BCUT2D eigenvalue weighted by Crippen LogP contribution is -2.37. The van der Waals surface area contributed by atoms with Gasteiger partial charge in [0.1, 0.15) is 6.04 Å². The molecule has 3 N–H and O–H groups in total. The van der Waals surface area contributed by atoms with E-state index in [0.717, 1.165) is 0 Å². The van der Waals surface area contributed by atoms with Crippen LogP contribution >= 0.6 is 0 Å². The molecule has 0 radical (unpaired) electrons. The molecular formula is C22H26N2O4. The average Bonchev–Trinajstić information content (AvgIpc) is 2.65. The Kier molecular flexibility index (Phi) is 7.32. The molecule has 0 aliphatic heterocycles. The van der Waals surface area contributed by atoms with E-state index in [1.165, 1.54) is 0 Å². The van der Waals surface area contributed by atoms with E-state index in [2.05, 4.69) is 10.6 Å². The van der Waals surface area contributed by atoms with E-state index in [9.17, 15) is 19.5 Å². The van der Waals surface area contributed by atoms with Gasteiger partial charge in [0.05, 0.1) is 5.92 Å². The van der Waals surface area contributed by atoms with Crippen LogP contribution in [0.15, 0.2) is 54.6 Å². The van der Waals surface area contributed by atoms with Crippen LogP contribution in [0.3, 0.4) is 0 Å². The zero-order valence-corrected chi connectivity index (χ0v) is 16.3. The molecule has 0 aliphatic rings. The monoisotopic (exact) mass is 382 g/mol. The van der Waals surface area contributed by atoms with Crippen LogP contribution < -0.4 is 10.6 Å². The van der Waals surface area contributed by atoms with E-state index in [1.54, 1.807) is 55.5 Å². The number of rotatable bonds is 8. The quantitative estimate of drug-likeness (QED) is 0.648. The summed E-state index contributed by atoms with van der Waals surface area (Å²) in [6, 6.07) is 14.9. The highest BCUT2D eigenvalue weighted by Crippen LogP contribution is 2.21. The SMILES string of the molecule is CC(C)CC(=O)NC(C(=O)Nc1cccc(C(C)C(=O)O)c1)c1ccccc1. The number of carboxylic acids is 1. The van der Waals surface area contributed by atoms with Crippen molar-refractivity contribution >= 4 is 23.5 Å². The van der Waals surface area contributed by atoms with Crippen molar-refractivity contribution in [1.82, 2.24) is 5.32 Å². The van der Waals surface area contributed by atoms with E-state index < -0.39 is 17.9 Å².